The van der Waals surface area contributed by atoms with Crippen molar-refractivity contribution in [2.45, 2.75) is 284 Å². The normalized spacial score (nSPS) is 12.4. The fourth-order valence-electron chi connectivity index (χ4n) is 7.69. The van der Waals surface area contributed by atoms with Crippen molar-refractivity contribution in [3.05, 3.63) is 48.6 Å². The van der Waals surface area contributed by atoms with Crippen molar-refractivity contribution in [3.8, 4) is 0 Å². The van der Waals surface area contributed by atoms with Gasteiger partial charge in [-0.05, 0) is 77.0 Å². The van der Waals surface area contributed by atoms with Gasteiger partial charge >= 0.3 is 17.9 Å². The molecule has 0 N–H and O–H groups in total. The number of ether oxygens (including phenoxy) is 3. The van der Waals surface area contributed by atoms with E-state index in [2.05, 4.69) is 69.4 Å². The molecule has 0 fully saturated rings. The zero-order valence-corrected chi connectivity index (χ0v) is 41.8. The minimum absolute atomic E-state index is 0.0798. The summed E-state index contributed by atoms with van der Waals surface area (Å²) in [5, 5.41) is 0. The number of unbranched alkanes of at least 4 members (excludes halogenated alkanes) is 30. The summed E-state index contributed by atoms with van der Waals surface area (Å²) >= 11 is 0. The van der Waals surface area contributed by atoms with Gasteiger partial charge in [0.1, 0.15) is 13.2 Å². The smallest absolute Gasteiger partial charge is 0.306 e. The van der Waals surface area contributed by atoms with E-state index in [9.17, 15) is 14.4 Å². The predicted octanol–water partition coefficient (Wildman–Crippen LogP) is 17.9. The molecule has 0 saturated carbocycles. The summed E-state index contributed by atoms with van der Waals surface area (Å²) in [6.45, 7) is 6.57. The molecule has 0 heterocycles. The van der Waals surface area contributed by atoms with Crippen molar-refractivity contribution in [2.24, 2.45) is 0 Å². The molecular weight excluding hydrogens is 781 g/mol. The maximum Gasteiger partial charge on any atom is 0.306 e. The summed E-state index contributed by atoms with van der Waals surface area (Å²) in [5.41, 5.74) is 0. The summed E-state index contributed by atoms with van der Waals surface area (Å²) in [7, 11) is 0. The van der Waals surface area contributed by atoms with Gasteiger partial charge in [0, 0.05) is 19.3 Å². The van der Waals surface area contributed by atoms with E-state index < -0.39 is 6.10 Å². The molecule has 0 aliphatic carbocycles. The Bertz CT molecular complexity index is 1110. The third-order valence-electron chi connectivity index (χ3n) is 11.8. The van der Waals surface area contributed by atoms with E-state index in [4.69, 9.17) is 14.2 Å². The first-order chi connectivity index (χ1) is 31.0. The fourth-order valence-corrected chi connectivity index (χ4v) is 7.69. The lowest BCUT2D eigenvalue weighted by Crippen LogP contribution is -2.30. The standard InChI is InChI=1S/C57H102O6/c1-4-7-10-13-16-19-22-24-26-27-28-29-30-31-32-34-35-38-41-44-47-50-56(59)62-53-54(52-61-55(58)49-46-43-40-37-21-18-15-12-9-6-3)63-57(60)51-48-45-42-39-36-33-25-23-20-17-14-11-8-5-2/h12,15,22,24,27-28,30-31,54H,4-11,13-14,16-21,23,25-26,29,32-53H2,1-3H3/b15-12-,24-22-,28-27-,31-30-. The van der Waals surface area contributed by atoms with Crippen molar-refractivity contribution in [1.82, 2.24) is 0 Å². The quantitative estimate of drug-likeness (QED) is 0.0262. The maximum absolute atomic E-state index is 12.8. The Morgan fingerprint density at radius 1 is 0.317 bits per heavy atom. The number of allylic oxidation sites excluding steroid dienone is 8. The molecule has 0 saturated heterocycles. The Kier molecular flexibility index (Phi) is 49.8. The lowest BCUT2D eigenvalue weighted by molar-refractivity contribution is -0.167. The number of hydrogen-bond acceptors (Lipinski definition) is 6. The number of carbonyl (C=O) groups excluding carboxylic acids is 3. The van der Waals surface area contributed by atoms with E-state index in [1.165, 1.54) is 148 Å². The van der Waals surface area contributed by atoms with Crippen LogP contribution in [0.5, 0.6) is 0 Å². The average Bonchev–Trinajstić information content (AvgIpc) is 3.28. The Labute approximate surface area is 390 Å². The molecule has 6 heteroatoms. The molecule has 0 bridgehead atoms. The first kappa shape index (κ1) is 60.4. The molecule has 1 atom stereocenters. The molecule has 0 aromatic rings. The Balaban J connectivity index is 4.31. The van der Waals surface area contributed by atoms with E-state index in [1.54, 1.807) is 0 Å². The van der Waals surface area contributed by atoms with Crippen LogP contribution in [0.1, 0.15) is 278 Å². The summed E-state index contributed by atoms with van der Waals surface area (Å²) in [4.78, 5) is 38.0. The Morgan fingerprint density at radius 3 is 0.968 bits per heavy atom. The molecule has 63 heavy (non-hydrogen) atoms. The van der Waals surface area contributed by atoms with Gasteiger partial charge in [-0.25, -0.2) is 0 Å². The van der Waals surface area contributed by atoms with E-state index in [0.717, 1.165) is 89.9 Å². The first-order valence-electron chi connectivity index (χ1n) is 27.1. The highest BCUT2D eigenvalue weighted by atomic mass is 16.6. The highest BCUT2D eigenvalue weighted by molar-refractivity contribution is 5.71. The molecule has 0 radical (unpaired) electrons. The maximum atomic E-state index is 12.8. The Hall–Kier alpha value is -2.63. The van der Waals surface area contributed by atoms with E-state index >= 15 is 0 Å². The predicted molar refractivity (Wildman–Crippen MR) is 270 cm³/mol. The monoisotopic (exact) mass is 883 g/mol. The van der Waals surface area contributed by atoms with Gasteiger partial charge in [0.15, 0.2) is 6.10 Å². The molecule has 366 valence electrons. The van der Waals surface area contributed by atoms with Gasteiger partial charge in [-0.1, -0.05) is 230 Å². The van der Waals surface area contributed by atoms with Crippen LogP contribution < -0.4 is 0 Å². The van der Waals surface area contributed by atoms with E-state index in [1.807, 2.05) is 0 Å². The van der Waals surface area contributed by atoms with Gasteiger partial charge in [0.2, 0.25) is 0 Å². The third-order valence-corrected chi connectivity index (χ3v) is 11.8. The van der Waals surface area contributed by atoms with Gasteiger partial charge in [-0.15, -0.1) is 0 Å². The van der Waals surface area contributed by atoms with Crippen molar-refractivity contribution < 1.29 is 28.6 Å². The summed E-state index contributed by atoms with van der Waals surface area (Å²) in [6.07, 6.45) is 62.4. The zero-order chi connectivity index (χ0) is 45.8. The largest absolute Gasteiger partial charge is 0.462 e. The van der Waals surface area contributed by atoms with Crippen LogP contribution in [-0.4, -0.2) is 37.2 Å². The SMILES string of the molecule is CCC/C=C\CCCCCCCC(=O)OCC(COC(=O)CCCCCCCC/C=C\C/C=C\C/C=C\CCCCCCC)OC(=O)CCCCCCCCCCCCCCCC. The number of esters is 3. The lowest BCUT2D eigenvalue weighted by Gasteiger charge is -2.18. The van der Waals surface area contributed by atoms with Crippen molar-refractivity contribution in [2.75, 3.05) is 13.2 Å². The Morgan fingerprint density at radius 2 is 0.603 bits per heavy atom. The molecule has 0 rings (SSSR count). The third kappa shape index (κ3) is 50.2. The summed E-state index contributed by atoms with van der Waals surface area (Å²) in [6, 6.07) is 0. The molecule has 1 unspecified atom stereocenters. The topological polar surface area (TPSA) is 78.9 Å². The fraction of sp³-hybridized carbons (Fsp3) is 0.807. The van der Waals surface area contributed by atoms with Crippen LogP contribution >= 0.6 is 0 Å². The minimum atomic E-state index is -0.778. The molecule has 0 aromatic heterocycles. The molecule has 6 nitrogen and oxygen atoms in total. The van der Waals surface area contributed by atoms with Crippen LogP contribution in [0.15, 0.2) is 48.6 Å². The molecule has 0 aromatic carbocycles. The minimum Gasteiger partial charge on any atom is -0.462 e. The zero-order valence-electron chi connectivity index (χ0n) is 41.8. The van der Waals surface area contributed by atoms with Crippen molar-refractivity contribution >= 4 is 17.9 Å². The second-order valence-electron chi connectivity index (χ2n) is 18.1. The van der Waals surface area contributed by atoms with Gasteiger partial charge < -0.3 is 14.2 Å². The van der Waals surface area contributed by atoms with Gasteiger partial charge in [-0.2, -0.15) is 0 Å². The molecular formula is C57H102O6. The second-order valence-corrected chi connectivity index (χ2v) is 18.1. The molecule has 0 aliphatic rings. The van der Waals surface area contributed by atoms with Gasteiger partial charge in [0.05, 0.1) is 0 Å². The molecule has 0 amide bonds. The van der Waals surface area contributed by atoms with Crippen LogP contribution in [0.25, 0.3) is 0 Å². The van der Waals surface area contributed by atoms with E-state index in [-0.39, 0.29) is 31.1 Å². The van der Waals surface area contributed by atoms with Gasteiger partial charge in [0.25, 0.3) is 0 Å². The second kappa shape index (κ2) is 52.0. The van der Waals surface area contributed by atoms with Crippen LogP contribution in [-0.2, 0) is 28.6 Å². The number of carbonyl (C=O) groups is 3. The highest BCUT2D eigenvalue weighted by Gasteiger charge is 2.19. The molecule has 0 spiro atoms. The first-order valence-corrected chi connectivity index (χ1v) is 27.1. The highest BCUT2D eigenvalue weighted by Crippen LogP contribution is 2.15. The van der Waals surface area contributed by atoms with Crippen molar-refractivity contribution in [1.29, 1.82) is 0 Å². The average molecular weight is 883 g/mol. The summed E-state index contributed by atoms with van der Waals surface area (Å²) in [5.74, 6) is -0.893. The van der Waals surface area contributed by atoms with Crippen molar-refractivity contribution in [3.63, 3.8) is 0 Å². The number of rotatable bonds is 49. The van der Waals surface area contributed by atoms with Crippen LogP contribution in [0, 0.1) is 0 Å². The lowest BCUT2D eigenvalue weighted by atomic mass is 10.0. The van der Waals surface area contributed by atoms with Crippen LogP contribution in [0.4, 0.5) is 0 Å². The van der Waals surface area contributed by atoms with Crippen LogP contribution in [0.3, 0.4) is 0 Å². The van der Waals surface area contributed by atoms with E-state index in [0.29, 0.717) is 19.3 Å². The number of hydrogen-bond donors (Lipinski definition) is 0. The molecule has 0 aliphatic heterocycles. The van der Waals surface area contributed by atoms with Gasteiger partial charge in [-0.3, -0.25) is 14.4 Å². The summed E-state index contributed by atoms with van der Waals surface area (Å²) < 4.78 is 16.8. The van der Waals surface area contributed by atoms with Crippen LogP contribution in [0.2, 0.25) is 0 Å².